The largest absolute Gasteiger partial charge is 0.481 e. The Morgan fingerprint density at radius 1 is 1.15 bits per heavy atom. The van der Waals surface area contributed by atoms with Gasteiger partial charge in [-0.05, 0) is 5.56 Å². The molecule has 0 aromatic heterocycles. The summed E-state index contributed by atoms with van der Waals surface area (Å²) in [6.45, 7) is 5.38. The van der Waals surface area contributed by atoms with E-state index in [0.717, 1.165) is 17.3 Å². The first kappa shape index (κ1) is 26.7. The quantitative estimate of drug-likeness (QED) is 0.470. The summed E-state index contributed by atoms with van der Waals surface area (Å²) < 4.78 is 0. The molecule has 9 nitrogen and oxygen atoms in total. The Hall–Kier alpha value is -2.53. The number of nitrogens with one attached hydrogen (secondary N) is 1. The summed E-state index contributed by atoms with van der Waals surface area (Å²) in [5.74, 6) is -3.41. The molecule has 0 saturated carbocycles. The van der Waals surface area contributed by atoms with Crippen LogP contribution in [-0.2, 0) is 24.0 Å². The predicted octanol–water partition coefficient (Wildman–Crippen LogP) is 2.37. The Bertz CT molecular complexity index is 902. The number of carbonyl (C=O) groups is 5. The normalized spacial score (nSPS) is 19.1. The number of hydrogen-bond acceptors (Lipinski definition) is 7. The Morgan fingerprint density at radius 2 is 1.79 bits per heavy atom. The van der Waals surface area contributed by atoms with Crippen molar-refractivity contribution in [2.24, 2.45) is 5.41 Å². The van der Waals surface area contributed by atoms with Crippen molar-refractivity contribution >= 4 is 52.4 Å². The second-order valence-electron chi connectivity index (χ2n) is 8.55. The fraction of sp³-hybridized carbons (Fsp3) is 0.500. The third kappa shape index (κ3) is 7.50. The highest BCUT2D eigenvalue weighted by Gasteiger charge is 2.43. The molecule has 1 saturated heterocycles. The summed E-state index contributed by atoms with van der Waals surface area (Å²) in [6.07, 6.45) is -0.750. The molecule has 0 radical (unpaired) electrons. The Morgan fingerprint density at radius 3 is 2.33 bits per heavy atom. The third-order valence-electron chi connectivity index (χ3n) is 4.83. The van der Waals surface area contributed by atoms with Gasteiger partial charge in [0.25, 0.3) is 0 Å². The van der Waals surface area contributed by atoms with Gasteiger partial charge >= 0.3 is 11.9 Å². The minimum absolute atomic E-state index is 0.0254. The van der Waals surface area contributed by atoms with Crippen LogP contribution in [-0.4, -0.2) is 67.6 Å². The van der Waals surface area contributed by atoms with Gasteiger partial charge in [0.2, 0.25) is 11.8 Å². The predicted molar refractivity (Wildman–Crippen MR) is 126 cm³/mol. The maximum atomic E-state index is 13.2. The summed E-state index contributed by atoms with van der Waals surface area (Å²) >= 11 is 2.43. The number of carboxylic acids is 2. The molecule has 1 fully saturated rings. The van der Waals surface area contributed by atoms with Crippen LogP contribution in [0.2, 0.25) is 0 Å². The van der Waals surface area contributed by atoms with E-state index >= 15 is 0 Å². The molecule has 0 spiro atoms. The van der Waals surface area contributed by atoms with Crippen molar-refractivity contribution < 1.29 is 34.2 Å². The van der Waals surface area contributed by atoms with Gasteiger partial charge in [0.1, 0.15) is 17.5 Å². The van der Waals surface area contributed by atoms with E-state index in [1.54, 1.807) is 20.8 Å². The summed E-state index contributed by atoms with van der Waals surface area (Å²) in [5, 5.41) is 19.9. The smallest absolute Gasteiger partial charge is 0.326 e. The van der Waals surface area contributed by atoms with Crippen LogP contribution in [0.15, 0.2) is 30.3 Å². The van der Waals surface area contributed by atoms with Crippen molar-refractivity contribution in [2.75, 3.05) is 11.5 Å². The van der Waals surface area contributed by atoms with Crippen LogP contribution in [0.1, 0.15) is 44.6 Å². The first-order valence-corrected chi connectivity index (χ1v) is 12.3. The summed E-state index contributed by atoms with van der Waals surface area (Å²) in [6, 6.07) is 6.56. The second-order valence-corrected chi connectivity index (χ2v) is 10.7. The van der Waals surface area contributed by atoms with E-state index in [-0.39, 0.29) is 28.9 Å². The standard InChI is InChI=1S/C22H28N2O7S2/c1-22(2,3)21(31)32-10-9-16(25)24-15(12-33-19(24)13-7-5-4-6-8-13)18(28)23-14(20(29)30)11-17(26)27/h4-8,14-15,19H,9-12H2,1-3H3,(H,23,28)(H,26,27)(H,29,30)/t14-,15-,19+/m0/s1. The molecular formula is C22H28N2O7S2. The van der Waals surface area contributed by atoms with Gasteiger partial charge in [0.15, 0.2) is 5.12 Å². The topological polar surface area (TPSA) is 141 Å². The fourth-order valence-electron chi connectivity index (χ4n) is 3.11. The lowest BCUT2D eigenvalue weighted by Crippen LogP contribution is -2.52. The monoisotopic (exact) mass is 496 g/mol. The summed E-state index contributed by atoms with van der Waals surface area (Å²) in [4.78, 5) is 62.0. The molecule has 3 atom stereocenters. The Balaban J connectivity index is 2.19. The molecule has 33 heavy (non-hydrogen) atoms. The van der Waals surface area contributed by atoms with E-state index in [1.807, 2.05) is 30.3 Å². The first-order valence-electron chi connectivity index (χ1n) is 10.3. The van der Waals surface area contributed by atoms with Gasteiger partial charge in [0, 0.05) is 23.3 Å². The van der Waals surface area contributed by atoms with Crippen LogP contribution in [0.25, 0.3) is 0 Å². The zero-order chi connectivity index (χ0) is 24.8. The van der Waals surface area contributed by atoms with E-state index in [2.05, 4.69) is 5.32 Å². The number of nitrogens with zero attached hydrogens (tertiary/aromatic N) is 1. The van der Waals surface area contributed by atoms with E-state index < -0.39 is 47.1 Å². The van der Waals surface area contributed by atoms with Crippen LogP contribution >= 0.6 is 23.5 Å². The lowest BCUT2D eigenvalue weighted by atomic mass is 10.00. The zero-order valence-electron chi connectivity index (χ0n) is 18.6. The van der Waals surface area contributed by atoms with Gasteiger partial charge < -0.3 is 20.4 Å². The van der Waals surface area contributed by atoms with Crippen molar-refractivity contribution in [3.8, 4) is 0 Å². The number of carboxylic acid groups (broad SMARTS) is 2. The number of amides is 2. The van der Waals surface area contributed by atoms with Crippen molar-refractivity contribution in [1.82, 2.24) is 10.2 Å². The average molecular weight is 497 g/mol. The van der Waals surface area contributed by atoms with Crippen LogP contribution in [0.5, 0.6) is 0 Å². The molecule has 1 aromatic carbocycles. The van der Waals surface area contributed by atoms with E-state index in [0.29, 0.717) is 0 Å². The van der Waals surface area contributed by atoms with Crippen LogP contribution < -0.4 is 5.32 Å². The molecule has 1 aliphatic heterocycles. The molecule has 2 amide bonds. The lowest BCUT2D eigenvalue weighted by molar-refractivity contribution is -0.148. The summed E-state index contributed by atoms with van der Waals surface area (Å²) in [7, 11) is 0. The van der Waals surface area contributed by atoms with Gasteiger partial charge in [-0.2, -0.15) is 0 Å². The summed E-state index contributed by atoms with van der Waals surface area (Å²) in [5.41, 5.74) is 0.271. The number of hydrogen-bond donors (Lipinski definition) is 3. The highest BCUT2D eigenvalue weighted by atomic mass is 32.2. The van der Waals surface area contributed by atoms with Gasteiger partial charge in [-0.25, -0.2) is 4.79 Å². The first-order chi connectivity index (χ1) is 15.4. The number of rotatable bonds is 9. The molecule has 1 aromatic rings. The minimum atomic E-state index is -1.60. The molecular weight excluding hydrogens is 468 g/mol. The maximum absolute atomic E-state index is 13.2. The molecule has 0 aliphatic carbocycles. The molecule has 2 rings (SSSR count). The molecule has 180 valence electrons. The fourth-order valence-corrected chi connectivity index (χ4v) is 5.45. The SMILES string of the molecule is CC(C)(C)C(=O)SCCC(=O)N1[C@@H](c2ccccc2)SC[C@H]1C(=O)N[C@@H](CC(=O)O)C(=O)O. The maximum Gasteiger partial charge on any atom is 0.326 e. The van der Waals surface area contributed by atoms with E-state index in [1.165, 1.54) is 16.7 Å². The van der Waals surface area contributed by atoms with Crippen LogP contribution in [0, 0.1) is 5.41 Å². The van der Waals surface area contributed by atoms with E-state index in [4.69, 9.17) is 5.11 Å². The van der Waals surface area contributed by atoms with Crippen LogP contribution in [0.3, 0.4) is 0 Å². The van der Waals surface area contributed by atoms with Crippen molar-refractivity contribution in [3.63, 3.8) is 0 Å². The van der Waals surface area contributed by atoms with Gasteiger partial charge in [0.05, 0.1) is 6.42 Å². The van der Waals surface area contributed by atoms with Gasteiger partial charge in [-0.1, -0.05) is 62.9 Å². The lowest BCUT2D eigenvalue weighted by Gasteiger charge is -2.30. The molecule has 0 bridgehead atoms. The molecule has 1 heterocycles. The minimum Gasteiger partial charge on any atom is -0.481 e. The van der Waals surface area contributed by atoms with Crippen molar-refractivity contribution in [3.05, 3.63) is 35.9 Å². The van der Waals surface area contributed by atoms with Crippen molar-refractivity contribution in [1.29, 1.82) is 0 Å². The van der Waals surface area contributed by atoms with Crippen molar-refractivity contribution in [2.45, 2.75) is 51.1 Å². The van der Waals surface area contributed by atoms with Gasteiger partial charge in [-0.3, -0.25) is 19.2 Å². The molecule has 11 heteroatoms. The average Bonchev–Trinajstić information content (AvgIpc) is 3.18. The number of carbonyl (C=O) groups excluding carboxylic acids is 3. The molecule has 1 aliphatic rings. The highest BCUT2D eigenvalue weighted by molar-refractivity contribution is 8.13. The number of aliphatic carboxylic acids is 2. The third-order valence-corrected chi connectivity index (χ3v) is 7.44. The van der Waals surface area contributed by atoms with E-state index in [9.17, 15) is 29.1 Å². The second kappa shape index (κ2) is 11.6. The molecule has 0 unspecified atom stereocenters. The van der Waals surface area contributed by atoms with Gasteiger partial charge in [-0.15, -0.1) is 11.8 Å². The Labute approximate surface area is 200 Å². The highest BCUT2D eigenvalue weighted by Crippen LogP contribution is 2.42. The number of thioether (sulfide) groups is 2. The molecule has 3 N–H and O–H groups in total. The van der Waals surface area contributed by atoms with Crippen LogP contribution in [0.4, 0.5) is 0 Å². The number of benzene rings is 1. The zero-order valence-corrected chi connectivity index (χ0v) is 20.3. The Kier molecular flexibility index (Phi) is 9.35.